The number of alkyl halides is 3. The highest BCUT2D eigenvalue weighted by molar-refractivity contribution is 5.59. The number of piperazine rings is 1. The van der Waals surface area contributed by atoms with E-state index in [0.29, 0.717) is 28.5 Å². The van der Waals surface area contributed by atoms with E-state index in [4.69, 9.17) is 9.72 Å². The number of aromatic nitrogens is 6. The Morgan fingerprint density at radius 3 is 2.74 bits per heavy atom. The standard InChI is InChI=1S/C27H29F3N8O/c28-27(29,30)19-1-2-23-32-14-21(38(23)16-19)25-31-6-3-24(35-25)37-8-7-36(22(17-37)18-12-33-34-13-18)15-20-11-26(20)4-9-39-10-5-26/h1-3,6,12-14,16,20,22H,4-5,7-11,15,17H2,(H,33,34)/t20-,22?/m1/s1. The third-order valence-corrected chi connectivity index (χ3v) is 8.72. The maximum absolute atomic E-state index is 13.3. The number of halogens is 3. The van der Waals surface area contributed by atoms with Crippen LogP contribution in [0.15, 0.2) is 49.2 Å². The molecule has 1 aliphatic carbocycles. The molecule has 3 aliphatic rings. The number of nitrogens with one attached hydrogen (secondary N) is 1. The van der Waals surface area contributed by atoms with Crippen LogP contribution < -0.4 is 4.90 Å². The van der Waals surface area contributed by atoms with Crippen LogP contribution in [0.4, 0.5) is 19.0 Å². The Labute approximate surface area is 223 Å². The van der Waals surface area contributed by atoms with Crippen molar-refractivity contribution >= 4 is 11.5 Å². The number of nitrogens with zero attached hydrogens (tertiary/aromatic N) is 7. The van der Waals surface area contributed by atoms with E-state index in [-0.39, 0.29) is 6.04 Å². The zero-order valence-corrected chi connectivity index (χ0v) is 21.3. The Balaban J connectivity index is 1.14. The summed E-state index contributed by atoms with van der Waals surface area (Å²) in [6, 6.07) is 4.39. The van der Waals surface area contributed by atoms with Gasteiger partial charge in [-0.05, 0) is 48.8 Å². The molecule has 1 N–H and O–H groups in total. The molecule has 12 heteroatoms. The van der Waals surface area contributed by atoms with E-state index in [1.807, 2.05) is 18.5 Å². The van der Waals surface area contributed by atoms with Crippen LogP contribution in [0.3, 0.4) is 0 Å². The summed E-state index contributed by atoms with van der Waals surface area (Å²) in [5.74, 6) is 1.77. The molecule has 4 aromatic rings. The van der Waals surface area contributed by atoms with Gasteiger partial charge in [0.25, 0.3) is 0 Å². The average Bonchev–Trinajstić information content (AvgIpc) is 3.33. The highest BCUT2D eigenvalue weighted by Crippen LogP contribution is 2.59. The minimum absolute atomic E-state index is 0.151. The van der Waals surface area contributed by atoms with E-state index < -0.39 is 11.7 Å². The molecule has 2 aliphatic heterocycles. The van der Waals surface area contributed by atoms with Crippen molar-refractivity contribution in [1.82, 2.24) is 34.4 Å². The van der Waals surface area contributed by atoms with Crippen molar-refractivity contribution < 1.29 is 17.9 Å². The van der Waals surface area contributed by atoms with E-state index in [9.17, 15) is 13.2 Å². The summed E-state index contributed by atoms with van der Waals surface area (Å²) in [4.78, 5) is 18.2. The molecule has 7 rings (SSSR count). The lowest BCUT2D eigenvalue weighted by Gasteiger charge is -2.42. The molecule has 0 radical (unpaired) electrons. The molecule has 0 amide bonds. The summed E-state index contributed by atoms with van der Waals surface area (Å²) in [6.07, 6.45) is 7.21. The minimum atomic E-state index is -4.45. The van der Waals surface area contributed by atoms with Gasteiger partial charge in [0.2, 0.25) is 0 Å². The highest BCUT2D eigenvalue weighted by Gasteiger charge is 2.54. The first kappa shape index (κ1) is 24.5. The topological polar surface area (TPSA) is 87.5 Å². The Morgan fingerprint density at radius 1 is 1.08 bits per heavy atom. The molecule has 2 saturated heterocycles. The van der Waals surface area contributed by atoms with Gasteiger partial charge in [-0.1, -0.05) is 0 Å². The van der Waals surface area contributed by atoms with Crippen molar-refractivity contribution in [2.45, 2.75) is 31.5 Å². The molecule has 1 spiro atoms. The fourth-order valence-electron chi connectivity index (χ4n) is 6.33. The molecular weight excluding hydrogens is 509 g/mol. The SMILES string of the molecule is FC(F)(F)c1ccc2ncc(-c3nccc(N4CCN(C[C@H]5CC56CCOCC6)C(c5cn[nH]c5)C4)n3)n2c1. The second-order valence-electron chi connectivity index (χ2n) is 10.9. The van der Waals surface area contributed by atoms with E-state index >= 15 is 0 Å². The van der Waals surface area contributed by atoms with Crippen LogP contribution in [0.5, 0.6) is 0 Å². The van der Waals surface area contributed by atoms with E-state index in [1.165, 1.54) is 23.1 Å². The van der Waals surface area contributed by atoms with Gasteiger partial charge in [-0.25, -0.2) is 15.0 Å². The summed E-state index contributed by atoms with van der Waals surface area (Å²) < 4.78 is 47.0. The molecule has 3 fully saturated rings. The van der Waals surface area contributed by atoms with Gasteiger partial charge in [-0.15, -0.1) is 0 Å². The van der Waals surface area contributed by atoms with Crippen LogP contribution in [0.1, 0.15) is 36.4 Å². The summed E-state index contributed by atoms with van der Waals surface area (Å²) in [5, 5.41) is 7.17. The monoisotopic (exact) mass is 538 g/mol. The third kappa shape index (κ3) is 4.55. The van der Waals surface area contributed by atoms with Crippen molar-refractivity contribution in [3.05, 3.63) is 60.3 Å². The molecule has 4 aromatic heterocycles. The van der Waals surface area contributed by atoms with Crippen LogP contribution in [-0.2, 0) is 10.9 Å². The van der Waals surface area contributed by atoms with Gasteiger partial charge < -0.3 is 9.64 Å². The molecule has 1 saturated carbocycles. The van der Waals surface area contributed by atoms with Crippen LogP contribution in [0.25, 0.3) is 17.2 Å². The molecule has 0 aromatic carbocycles. The zero-order chi connectivity index (χ0) is 26.6. The predicted molar refractivity (Wildman–Crippen MR) is 137 cm³/mol. The number of pyridine rings is 1. The molecule has 204 valence electrons. The van der Waals surface area contributed by atoms with Gasteiger partial charge in [0.05, 0.1) is 24.0 Å². The van der Waals surface area contributed by atoms with Gasteiger partial charge in [0, 0.05) is 63.5 Å². The van der Waals surface area contributed by atoms with E-state index in [1.54, 1.807) is 6.20 Å². The van der Waals surface area contributed by atoms with Gasteiger partial charge in [-0.2, -0.15) is 18.3 Å². The highest BCUT2D eigenvalue weighted by atomic mass is 19.4. The molecular formula is C27H29F3N8O. The summed E-state index contributed by atoms with van der Waals surface area (Å²) >= 11 is 0. The Bertz CT molecular complexity index is 1460. The van der Waals surface area contributed by atoms with Crippen molar-refractivity contribution in [3.63, 3.8) is 0 Å². The van der Waals surface area contributed by atoms with Crippen molar-refractivity contribution in [2.75, 3.05) is 44.3 Å². The maximum Gasteiger partial charge on any atom is 0.417 e. The number of fused-ring (bicyclic) bond motifs is 1. The number of anilines is 1. The maximum atomic E-state index is 13.3. The summed E-state index contributed by atoms with van der Waals surface area (Å²) in [5.41, 5.74) is 1.67. The second-order valence-corrected chi connectivity index (χ2v) is 10.9. The van der Waals surface area contributed by atoms with Crippen LogP contribution in [-0.4, -0.2) is 73.8 Å². The lowest BCUT2D eigenvalue weighted by atomic mass is 9.93. The summed E-state index contributed by atoms with van der Waals surface area (Å²) in [6.45, 7) is 5.19. The number of hydrogen-bond acceptors (Lipinski definition) is 7. The minimum Gasteiger partial charge on any atom is -0.381 e. The number of hydrogen-bond donors (Lipinski definition) is 1. The van der Waals surface area contributed by atoms with Gasteiger partial charge in [0.15, 0.2) is 5.82 Å². The quantitative estimate of drug-likeness (QED) is 0.407. The lowest BCUT2D eigenvalue weighted by Crippen LogP contribution is -2.49. The fourth-order valence-corrected chi connectivity index (χ4v) is 6.33. The molecule has 9 nitrogen and oxygen atoms in total. The Hall–Kier alpha value is -3.51. The van der Waals surface area contributed by atoms with Crippen LogP contribution in [0, 0.1) is 11.3 Å². The van der Waals surface area contributed by atoms with Gasteiger partial charge >= 0.3 is 6.18 Å². The average molecular weight is 539 g/mol. The van der Waals surface area contributed by atoms with E-state index in [0.717, 1.165) is 75.9 Å². The van der Waals surface area contributed by atoms with Crippen LogP contribution in [0.2, 0.25) is 0 Å². The summed E-state index contributed by atoms with van der Waals surface area (Å²) in [7, 11) is 0. The smallest absolute Gasteiger partial charge is 0.381 e. The first-order valence-corrected chi connectivity index (χ1v) is 13.3. The van der Waals surface area contributed by atoms with Crippen molar-refractivity contribution in [1.29, 1.82) is 0 Å². The van der Waals surface area contributed by atoms with Gasteiger partial charge in [-0.3, -0.25) is 14.4 Å². The fraction of sp³-hybridized carbons (Fsp3) is 0.481. The number of rotatable bonds is 5. The van der Waals surface area contributed by atoms with Crippen molar-refractivity contribution in [3.8, 4) is 11.5 Å². The number of imidazole rings is 1. The van der Waals surface area contributed by atoms with E-state index in [2.05, 4.69) is 30.0 Å². The largest absolute Gasteiger partial charge is 0.417 e. The molecule has 6 heterocycles. The normalized spacial score (nSPS) is 23.5. The number of ether oxygens (including phenoxy) is 1. The first-order valence-electron chi connectivity index (χ1n) is 13.3. The molecule has 39 heavy (non-hydrogen) atoms. The molecule has 0 bridgehead atoms. The third-order valence-electron chi connectivity index (χ3n) is 8.72. The number of H-pyrrole nitrogens is 1. The van der Waals surface area contributed by atoms with Crippen molar-refractivity contribution in [2.24, 2.45) is 11.3 Å². The van der Waals surface area contributed by atoms with Crippen LogP contribution >= 0.6 is 0 Å². The zero-order valence-electron chi connectivity index (χ0n) is 21.3. The van der Waals surface area contributed by atoms with Gasteiger partial charge in [0.1, 0.15) is 17.2 Å². The second kappa shape index (κ2) is 9.30. The number of aromatic amines is 1. The Kier molecular flexibility index (Phi) is 5.85. The lowest BCUT2D eigenvalue weighted by molar-refractivity contribution is -0.137. The molecule has 1 unspecified atom stereocenters. The predicted octanol–water partition coefficient (Wildman–Crippen LogP) is 4.21. The molecule has 2 atom stereocenters. The Morgan fingerprint density at radius 2 is 1.95 bits per heavy atom. The first-order chi connectivity index (χ1) is 18.9.